The Kier molecular flexibility index (Phi) is 3.47. The van der Waals surface area contributed by atoms with Crippen molar-refractivity contribution >= 4 is 5.97 Å². The lowest BCUT2D eigenvalue weighted by molar-refractivity contribution is -0.143. The minimum absolute atomic E-state index is 0.368. The normalized spacial score (nSPS) is 24.9. The van der Waals surface area contributed by atoms with Gasteiger partial charge in [0.2, 0.25) is 0 Å². The summed E-state index contributed by atoms with van der Waals surface area (Å²) in [6.45, 7) is 1.89. The highest BCUT2D eigenvalue weighted by Crippen LogP contribution is 2.40. The Morgan fingerprint density at radius 3 is 2.43 bits per heavy atom. The van der Waals surface area contributed by atoms with Crippen LogP contribution in [-0.4, -0.2) is 17.2 Å². The zero-order valence-electron chi connectivity index (χ0n) is 11.5. The first-order valence-corrected chi connectivity index (χ1v) is 6.77. The van der Waals surface area contributed by atoms with E-state index in [2.05, 4.69) is 0 Å². The van der Waals surface area contributed by atoms with Crippen LogP contribution in [0.5, 0.6) is 0 Å². The maximum atomic E-state index is 13.0. The number of carbonyl (C=O) groups excluding carboxylic acids is 1. The van der Waals surface area contributed by atoms with Crippen molar-refractivity contribution in [2.45, 2.75) is 25.0 Å². The van der Waals surface area contributed by atoms with Crippen LogP contribution in [0.2, 0.25) is 0 Å². The fraction of sp³-hybridized carbons (Fsp3) is 0.235. The molecule has 0 bridgehead atoms. The van der Waals surface area contributed by atoms with Crippen LogP contribution in [0.15, 0.2) is 48.5 Å². The van der Waals surface area contributed by atoms with Crippen molar-refractivity contribution in [2.75, 3.05) is 0 Å². The first-order chi connectivity index (χ1) is 10.1. The van der Waals surface area contributed by atoms with Gasteiger partial charge >= 0.3 is 5.97 Å². The molecule has 0 spiro atoms. The summed E-state index contributed by atoms with van der Waals surface area (Å²) in [5.41, 5.74) is 2.28. The van der Waals surface area contributed by atoms with Crippen LogP contribution in [0.3, 0.4) is 0 Å². The summed E-state index contributed by atoms with van der Waals surface area (Å²) < 4.78 is 18.3. The number of esters is 1. The van der Waals surface area contributed by atoms with Crippen LogP contribution in [0, 0.1) is 12.7 Å². The second-order valence-corrected chi connectivity index (χ2v) is 5.23. The molecule has 3 rings (SSSR count). The van der Waals surface area contributed by atoms with Gasteiger partial charge in [0.05, 0.1) is 0 Å². The average Bonchev–Trinajstić information content (AvgIpc) is 2.76. The van der Waals surface area contributed by atoms with Gasteiger partial charge in [-0.3, -0.25) is 4.79 Å². The van der Waals surface area contributed by atoms with Crippen LogP contribution < -0.4 is 0 Å². The third kappa shape index (κ3) is 2.43. The number of rotatable bonds is 2. The van der Waals surface area contributed by atoms with E-state index in [-0.39, 0.29) is 5.82 Å². The number of aliphatic hydroxyl groups excluding tert-OH is 1. The predicted molar refractivity (Wildman–Crippen MR) is 75.2 cm³/mol. The van der Waals surface area contributed by atoms with Crippen molar-refractivity contribution in [2.24, 2.45) is 0 Å². The number of carbonyl (C=O) groups is 1. The minimum Gasteiger partial charge on any atom is -0.454 e. The fourth-order valence-electron chi connectivity index (χ4n) is 2.75. The van der Waals surface area contributed by atoms with Gasteiger partial charge in [-0.25, -0.2) is 4.39 Å². The second kappa shape index (κ2) is 5.30. The van der Waals surface area contributed by atoms with Gasteiger partial charge in [0.15, 0.2) is 6.10 Å². The van der Waals surface area contributed by atoms with Gasteiger partial charge in [-0.1, -0.05) is 36.4 Å². The Bertz CT molecular complexity index is 666. The maximum Gasteiger partial charge on any atom is 0.316 e. The molecule has 1 saturated heterocycles. The number of aliphatic hydroxyl groups is 1. The van der Waals surface area contributed by atoms with Gasteiger partial charge in [0, 0.05) is 0 Å². The molecule has 0 radical (unpaired) electrons. The molecule has 0 saturated carbocycles. The average molecular weight is 286 g/mol. The topological polar surface area (TPSA) is 46.5 Å². The quantitative estimate of drug-likeness (QED) is 0.863. The summed E-state index contributed by atoms with van der Waals surface area (Å²) in [7, 11) is 0. The summed E-state index contributed by atoms with van der Waals surface area (Å²) in [6, 6.07) is 13.0. The molecular weight excluding hydrogens is 271 g/mol. The summed E-state index contributed by atoms with van der Waals surface area (Å²) in [5, 5.41) is 10.5. The zero-order chi connectivity index (χ0) is 15.0. The molecule has 2 aromatic carbocycles. The fourth-order valence-corrected chi connectivity index (χ4v) is 2.75. The van der Waals surface area contributed by atoms with Crippen molar-refractivity contribution < 1.29 is 19.0 Å². The van der Waals surface area contributed by atoms with Crippen LogP contribution in [0.4, 0.5) is 4.39 Å². The van der Waals surface area contributed by atoms with Crippen LogP contribution in [0.1, 0.15) is 28.7 Å². The molecule has 3 unspecified atom stereocenters. The molecule has 1 fully saturated rings. The standard InChI is InChI=1S/C17H15FO3/c1-10-4-2-3-5-13(10)14-15(19)16(21-17(14)20)11-6-8-12(18)9-7-11/h2-9,14-16,19H,1H3. The van der Waals surface area contributed by atoms with Crippen molar-refractivity contribution in [3.8, 4) is 0 Å². The van der Waals surface area contributed by atoms with Crippen molar-refractivity contribution in [1.29, 1.82) is 0 Å². The minimum atomic E-state index is -0.982. The highest BCUT2D eigenvalue weighted by molar-refractivity contribution is 5.82. The van der Waals surface area contributed by atoms with E-state index in [1.807, 2.05) is 31.2 Å². The molecule has 0 aliphatic carbocycles. The molecular formula is C17H15FO3. The van der Waals surface area contributed by atoms with Gasteiger partial charge in [-0.15, -0.1) is 0 Å². The predicted octanol–water partition coefficient (Wildman–Crippen LogP) is 2.88. The number of cyclic esters (lactones) is 1. The SMILES string of the molecule is Cc1ccccc1C1C(=O)OC(c2ccc(F)cc2)C1O. The highest BCUT2D eigenvalue weighted by Gasteiger charge is 2.45. The number of ether oxygens (including phenoxy) is 1. The Hall–Kier alpha value is -2.20. The summed E-state index contributed by atoms with van der Waals surface area (Å²) in [5.74, 6) is -1.53. The zero-order valence-corrected chi connectivity index (χ0v) is 11.5. The molecule has 3 atom stereocenters. The molecule has 0 amide bonds. The van der Waals surface area contributed by atoms with Gasteiger partial charge in [-0.05, 0) is 35.7 Å². The highest BCUT2D eigenvalue weighted by atomic mass is 19.1. The van der Waals surface area contributed by atoms with Gasteiger partial charge in [0.25, 0.3) is 0 Å². The number of hydrogen-bond donors (Lipinski definition) is 1. The van der Waals surface area contributed by atoms with Gasteiger partial charge < -0.3 is 9.84 Å². The lowest BCUT2D eigenvalue weighted by Crippen LogP contribution is -2.21. The van der Waals surface area contributed by atoms with Gasteiger partial charge in [-0.2, -0.15) is 0 Å². The number of halogens is 1. The van der Waals surface area contributed by atoms with Crippen LogP contribution in [-0.2, 0) is 9.53 Å². The molecule has 108 valence electrons. The maximum absolute atomic E-state index is 13.0. The lowest BCUT2D eigenvalue weighted by atomic mass is 9.88. The number of benzene rings is 2. The third-order valence-electron chi connectivity index (χ3n) is 3.87. The lowest BCUT2D eigenvalue weighted by Gasteiger charge is -2.17. The molecule has 1 aliphatic rings. The Morgan fingerprint density at radius 1 is 1.10 bits per heavy atom. The monoisotopic (exact) mass is 286 g/mol. The van der Waals surface area contributed by atoms with E-state index >= 15 is 0 Å². The Balaban J connectivity index is 1.94. The first kappa shape index (κ1) is 13.8. The van der Waals surface area contributed by atoms with Gasteiger partial charge in [0.1, 0.15) is 17.8 Å². The number of hydrogen-bond acceptors (Lipinski definition) is 3. The second-order valence-electron chi connectivity index (χ2n) is 5.23. The summed E-state index contributed by atoms with van der Waals surface area (Å²) in [4.78, 5) is 12.1. The third-order valence-corrected chi connectivity index (χ3v) is 3.87. The molecule has 3 nitrogen and oxygen atoms in total. The molecule has 2 aromatic rings. The Morgan fingerprint density at radius 2 is 1.76 bits per heavy atom. The van der Waals surface area contributed by atoms with E-state index in [1.54, 1.807) is 0 Å². The molecule has 0 aromatic heterocycles. The smallest absolute Gasteiger partial charge is 0.316 e. The summed E-state index contributed by atoms with van der Waals surface area (Å²) >= 11 is 0. The van der Waals surface area contributed by atoms with Crippen molar-refractivity contribution in [3.05, 3.63) is 71.0 Å². The van der Waals surface area contributed by atoms with Crippen LogP contribution >= 0.6 is 0 Å². The van der Waals surface area contributed by atoms with Crippen LogP contribution in [0.25, 0.3) is 0 Å². The van der Waals surface area contributed by atoms with E-state index in [4.69, 9.17) is 4.74 Å². The molecule has 21 heavy (non-hydrogen) atoms. The summed E-state index contributed by atoms with van der Waals surface area (Å²) in [6.07, 6.45) is -1.74. The van der Waals surface area contributed by atoms with E-state index in [9.17, 15) is 14.3 Å². The van der Waals surface area contributed by atoms with Crippen molar-refractivity contribution in [1.82, 2.24) is 0 Å². The van der Waals surface area contributed by atoms with E-state index in [0.717, 1.165) is 11.1 Å². The molecule has 1 N–H and O–H groups in total. The molecule has 1 heterocycles. The van der Waals surface area contributed by atoms with E-state index in [1.165, 1.54) is 24.3 Å². The molecule has 4 heteroatoms. The van der Waals surface area contributed by atoms with E-state index in [0.29, 0.717) is 5.56 Å². The van der Waals surface area contributed by atoms with E-state index < -0.39 is 24.1 Å². The van der Waals surface area contributed by atoms with Crippen molar-refractivity contribution in [3.63, 3.8) is 0 Å². The molecule has 1 aliphatic heterocycles. The number of aryl methyl sites for hydroxylation is 1. The first-order valence-electron chi connectivity index (χ1n) is 6.77. The largest absolute Gasteiger partial charge is 0.454 e. The Labute approximate surface area is 122 Å².